The summed E-state index contributed by atoms with van der Waals surface area (Å²) in [5.74, 6) is -0.501. The van der Waals surface area contributed by atoms with Gasteiger partial charge in [-0.05, 0) is 25.0 Å². The zero-order valence-electron chi connectivity index (χ0n) is 15.2. The van der Waals surface area contributed by atoms with E-state index in [0.29, 0.717) is 36.6 Å². The van der Waals surface area contributed by atoms with Gasteiger partial charge in [0.1, 0.15) is 0 Å². The third kappa shape index (κ3) is 4.59. The zero-order chi connectivity index (χ0) is 19.3. The summed E-state index contributed by atoms with van der Waals surface area (Å²) in [6.07, 6.45) is 0.974. The minimum atomic E-state index is -0.955. The number of aliphatic carboxylic acids is 1. The Kier molecular flexibility index (Phi) is 7.11. The van der Waals surface area contributed by atoms with Crippen molar-refractivity contribution in [3.8, 4) is 11.5 Å². The summed E-state index contributed by atoms with van der Waals surface area (Å²) < 4.78 is 16.2. The predicted molar refractivity (Wildman–Crippen MR) is 96.3 cm³/mol. The number of rotatable bonds is 8. The number of carboxylic acids is 1. The van der Waals surface area contributed by atoms with Crippen molar-refractivity contribution in [3.05, 3.63) is 22.7 Å². The first kappa shape index (κ1) is 20.3. The Morgan fingerprint density at radius 2 is 2.08 bits per heavy atom. The monoisotopic (exact) mass is 385 g/mol. The lowest BCUT2D eigenvalue weighted by Crippen LogP contribution is -2.37. The molecule has 1 amide bonds. The number of likely N-dealkylation sites (tertiary alicyclic amines) is 1. The molecule has 1 N–H and O–H groups in total. The number of halogens is 1. The quantitative estimate of drug-likeness (QED) is 0.740. The first-order valence-electron chi connectivity index (χ1n) is 8.47. The number of amides is 1. The van der Waals surface area contributed by atoms with Crippen molar-refractivity contribution in [2.45, 2.75) is 38.3 Å². The minimum absolute atomic E-state index is 0.131. The Labute approximate surface area is 157 Å². The van der Waals surface area contributed by atoms with Crippen molar-refractivity contribution in [3.63, 3.8) is 0 Å². The molecule has 8 heteroatoms. The molecule has 0 radical (unpaired) electrons. The zero-order valence-corrected chi connectivity index (χ0v) is 15.9. The Bertz CT molecular complexity index is 665. The van der Waals surface area contributed by atoms with Gasteiger partial charge in [0.2, 0.25) is 0 Å². The van der Waals surface area contributed by atoms with Crippen molar-refractivity contribution in [2.24, 2.45) is 0 Å². The average Bonchev–Trinajstić information content (AvgIpc) is 3.01. The van der Waals surface area contributed by atoms with Gasteiger partial charge in [0.15, 0.2) is 11.5 Å². The van der Waals surface area contributed by atoms with Crippen LogP contribution >= 0.6 is 11.6 Å². The molecule has 7 nitrogen and oxygen atoms in total. The highest BCUT2D eigenvalue weighted by Gasteiger charge is 2.37. The molecule has 0 saturated carbocycles. The molecule has 1 saturated heterocycles. The number of ether oxygens (including phenoxy) is 3. The largest absolute Gasteiger partial charge is 0.493 e. The molecule has 1 aliphatic rings. The molecule has 1 aliphatic heterocycles. The van der Waals surface area contributed by atoms with Crippen molar-refractivity contribution >= 4 is 23.5 Å². The summed E-state index contributed by atoms with van der Waals surface area (Å²) in [6.45, 7) is 2.79. The van der Waals surface area contributed by atoms with E-state index in [-0.39, 0.29) is 23.5 Å². The molecule has 1 heterocycles. The van der Waals surface area contributed by atoms with Gasteiger partial charge in [0, 0.05) is 25.3 Å². The van der Waals surface area contributed by atoms with Crippen LogP contribution in [0.2, 0.25) is 5.02 Å². The van der Waals surface area contributed by atoms with Crippen LogP contribution < -0.4 is 9.47 Å². The molecular weight excluding hydrogens is 362 g/mol. The number of carbonyl (C=O) groups is 2. The third-order valence-electron chi connectivity index (χ3n) is 4.31. The van der Waals surface area contributed by atoms with Crippen LogP contribution in [0.15, 0.2) is 12.1 Å². The van der Waals surface area contributed by atoms with Crippen molar-refractivity contribution in [1.29, 1.82) is 0 Å². The Hall–Kier alpha value is -1.99. The number of hydrogen-bond donors (Lipinski definition) is 1. The second kappa shape index (κ2) is 9.09. The Morgan fingerprint density at radius 3 is 2.65 bits per heavy atom. The molecule has 0 spiro atoms. The van der Waals surface area contributed by atoms with E-state index in [0.717, 1.165) is 6.42 Å². The van der Waals surface area contributed by atoms with Crippen LogP contribution in [0.5, 0.6) is 11.5 Å². The Balaban J connectivity index is 2.29. The fraction of sp³-hybridized carbons (Fsp3) is 0.556. The van der Waals surface area contributed by atoms with E-state index in [2.05, 4.69) is 0 Å². The van der Waals surface area contributed by atoms with E-state index < -0.39 is 12.0 Å². The average molecular weight is 386 g/mol. The van der Waals surface area contributed by atoms with Crippen molar-refractivity contribution < 1.29 is 28.9 Å². The van der Waals surface area contributed by atoms with Gasteiger partial charge in [0.25, 0.3) is 5.91 Å². The maximum Gasteiger partial charge on any atom is 0.305 e. The number of methoxy groups -OCH3 is 2. The van der Waals surface area contributed by atoms with E-state index >= 15 is 0 Å². The molecule has 1 fully saturated rings. The SMILES string of the molecule is CCCOc1c(Cl)cc(C(=O)N2CC(OC)CC2CC(=O)O)cc1OC. The van der Waals surface area contributed by atoms with Crippen LogP contribution in [0.25, 0.3) is 0 Å². The van der Waals surface area contributed by atoms with Gasteiger partial charge in [0.05, 0.1) is 31.3 Å². The van der Waals surface area contributed by atoms with Crippen LogP contribution in [0.3, 0.4) is 0 Å². The molecule has 0 aliphatic carbocycles. The maximum absolute atomic E-state index is 13.0. The van der Waals surface area contributed by atoms with Gasteiger partial charge in [-0.3, -0.25) is 9.59 Å². The highest BCUT2D eigenvalue weighted by Crippen LogP contribution is 2.37. The highest BCUT2D eigenvalue weighted by molar-refractivity contribution is 6.32. The molecule has 26 heavy (non-hydrogen) atoms. The second-order valence-corrected chi connectivity index (χ2v) is 6.55. The molecule has 0 bridgehead atoms. The van der Waals surface area contributed by atoms with Crippen LogP contribution in [0.1, 0.15) is 36.5 Å². The van der Waals surface area contributed by atoms with Crippen LogP contribution in [-0.2, 0) is 9.53 Å². The molecule has 0 aromatic heterocycles. The van der Waals surface area contributed by atoms with E-state index in [1.165, 1.54) is 18.1 Å². The Morgan fingerprint density at radius 1 is 1.35 bits per heavy atom. The molecule has 2 unspecified atom stereocenters. The van der Waals surface area contributed by atoms with E-state index in [4.69, 9.17) is 30.9 Å². The summed E-state index contributed by atoms with van der Waals surface area (Å²) in [5.41, 5.74) is 0.322. The molecule has 144 valence electrons. The number of carboxylic acid groups (broad SMARTS) is 1. The fourth-order valence-corrected chi connectivity index (χ4v) is 3.31. The fourth-order valence-electron chi connectivity index (χ4n) is 3.04. The lowest BCUT2D eigenvalue weighted by Gasteiger charge is -2.24. The number of benzene rings is 1. The van der Waals surface area contributed by atoms with E-state index in [1.807, 2.05) is 6.92 Å². The maximum atomic E-state index is 13.0. The molecule has 2 atom stereocenters. The molecular formula is C18H24ClNO6. The van der Waals surface area contributed by atoms with Gasteiger partial charge in [-0.2, -0.15) is 0 Å². The van der Waals surface area contributed by atoms with Crippen molar-refractivity contribution in [2.75, 3.05) is 27.4 Å². The molecule has 1 aromatic rings. The molecule has 1 aromatic carbocycles. The predicted octanol–water partition coefficient (Wildman–Crippen LogP) is 2.84. The van der Waals surface area contributed by atoms with Gasteiger partial charge in [-0.25, -0.2) is 0 Å². The summed E-state index contributed by atoms with van der Waals surface area (Å²) in [5, 5.41) is 9.39. The van der Waals surface area contributed by atoms with Crippen LogP contribution in [0, 0.1) is 0 Å². The van der Waals surface area contributed by atoms with E-state index in [1.54, 1.807) is 13.2 Å². The second-order valence-electron chi connectivity index (χ2n) is 6.14. The molecule has 2 rings (SSSR count). The first-order valence-corrected chi connectivity index (χ1v) is 8.84. The van der Waals surface area contributed by atoms with Gasteiger partial charge < -0.3 is 24.2 Å². The first-order chi connectivity index (χ1) is 12.4. The lowest BCUT2D eigenvalue weighted by molar-refractivity contribution is -0.137. The number of nitrogens with zero attached hydrogens (tertiary/aromatic N) is 1. The summed E-state index contributed by atoms with van der Waals surface area (Å²) >= 11 is 6.28. The smallest absolute Gasteiger partial charge is 0.305 e. The standard InChI is InChI=1S/C18H24ClNO6/c1-4-5-26-17-14(19)6-11(7-15(17)25-3)18(23)20-10-13(24-2)8-12(20)9-16(21)22/h6-7,12-13H,4-5,8-10H2,1-3H3,(H,21,22). The summed E-state index contributed by atoms with van der Waals surface area (Å²) in [4.78, 5) is 25.6. The van der Waals surface area contributed by atoms with E-state index in [9.17, 15) is 9.59 Å². The topological polar surface area (TPSA) is 85.3 Å². The van der Waals surface area contributed by atoms with Crippen LogP contribution in [-0.4, -0.2) is 61.4 Å². The normalized spacial score (nSPS) is 19.5. The summed E-state index contributed by atoms with van der Waals surface area (Å²) in [6, 6.07) is 2.66. The van der Waals surface area contributed by atoms with Gasteiger partial charge >= 0.3 is 5.97 Å². The summed E-state index contributed by atoms with van der Waals surface area (Å²) in [7, 11) is 3.03. The third-order valence-corrected chi connectivity index (χ3v) is 4.59. The van der Waals surface area contributed by atoms with Crippen LogP contribution in [0.4, 0.5) is 0 Å². The van der Waals surface area contributed by atoms with Gasteiger partial charge in [-0.1, -0.05) is 18.5 Å². The lowest BCUT2D eigenvalue weighted by atomic mass is 10.1. The number of hydrogen-bond acceptors (Lipinski definition) is 5. The van der Waals surface area contributed by atoms with Crippen molar-refractivity contribution in [1.82, 2.24) is 4.90 Å². The minimum Gasteiger partial charge on any atom is -0.493 e. The highest BCUT2D eigenvalue weighted by atomic mass is 35.5. The van der Waals surface area contributed by atoms with Gasteiger partial charge in [-0.15, -0.1) is 0 Å². The number of carbonyl (C=O) groups excluding carboxylic acids is 1.